The molecule has 3 rings (SSSR count). The Morgan fingerprint density at radius 1 is 1.28 bits per heavy atom. The fourth-order valence-electron chi connectivity index (χ4n) is 3.23. The predicted molar refractivity (Wildman–Crippen MR) is 96.9 cm³/mol. The van der Waals surface area contributed by atoms with Crippen molar-refractivity contribution in [1.82, 2.24) is 9.80 Å². The molecule has 1 aromatic rings. The number of hydrogen-bond acceptors (Lipinski definition) is 3. The summed E-state index contributed by atoms with van der Waals surface area (Å²) in [5, 5.41) is 0. The van der Waals surface area contributed by atoms with Crippen LogP contribution in [-0.2, 0) is 9.59 Å². The van der Waals surface area contributed by atoms with Crippen molar-refractivity contribution in [2.45, 2.75) is 32.2 Å². The van der Waals surface area contributed by atoms with E-state index < -0.39 is 0 Å². The van der Waals surface area contributed by atoms with Gasteiger partial charge in [0.15, 0.2) is 0 Å². The molecule has 0 N–H and O–H groups in total. The number of carbonyl (C=O) groups excluding carboxylic acids is 2. The monoisotopic (exact) mass is 340 g/mol. The molecule has 25 heavy (non-hydrogen) atoms. The molecule has 0 bridgehead atoms. The van der Waals surface area contributed by atoms with Gasteiger partial charge in [0, 0.05) is 31.3 Å². The minimum atomic E-state index is -0.375. The number of carbonyl (C=O) groups is 2. The summed E-state index contributed by atoms with van der Waals surface area (Å²) in [4.78, 5) is 29.1. The third kappa shape index (κ3) is 3.60. The maximum absolute atomic E-state index is 13.1. The van der Waals surface area contributed by atoms with Crippen LogP contribution in [0.4, 0.5) is 0 Å². The van der Waals surface area contributed by atoms with Crippen LogP contribution in [0.1, 0.15) is 31.7 Å². The second-order valence-electron chi connectivity index (χ2n) is 6.47. The largest absolute Gasteiger partial charge is 0.464 e. The number of ether oxygens (including phenoxy) is 1. The lowest BCUT2D eigenvalue weighted by Crippen LogP contribution is -2.57. The van der Waals surface area contributed by atoms with Crippen molar-refractivity contribution >= 4 is 17.9 Å². The van der Waals surface area contributed by atoms with E-state index in [1.54, 1.807) is 22.9 Å². The number of piperazine rings is 1. The Morgan fingerprint density at radius 3 is 2.88 bits per heavy atom. The van der Waals surface area contributed by atoms with E-state index in [0.29, 0.717) is 25.1 Å². The van der Waals surface area contributed by atoms with E-state index in [1.165, 1.54) is 6.26 Å². The van der Waals surface area contributed by atoms with Crippen LogP contribution in [0.5, 0.6) is 5.75 Å². The minimum Gasteiger partial charge on any atom is -0.464 e. The van der Waals surface area contributed by atoms with E-state index in [-0.39, 0.29) is 17.9 Å². The highest BCUT2D eigenvalue weighted by molar-refractivity contribution is 6.03. The number of fused-ring (bicyclic) bond motifs is 1. The van der Waals surface area contributed by atoms with Crippen molar-refractivity contribution < 1.29 is 14.3 Å². The highest BCUT2D eigenvalue weighted by atomic mass is 16.5. The normalized spacial score (nSPS) is 19.8. The van der Waals surface area contributed by atoms with Gasteiger partial charge in [0.2, 0.25) is 5.91 Å². The van der Waals surface area contributed by atoms with Crippen LogP contribution >= 0.6 is 0 Å². The van der Waals surface area contributed by atoms with Crippen LogP contribution in [0.2, 0.25) is 0 Å². The molecule has 1 aromatic carbocycles. The molecule has 1 fully saturated rings. The van der Waals surface area contributed by atoms with Gasteiger partial charge in [0.1, 0.15) is 11.8 Å². The van der Waals surface area contributed by atoms with Crippen molar-refractivity contribution in [3.05, 3.63) is 47.7 Å². The van der Waals surface area contributed by atoms with Crippen LogP contribution in [-0.4, -0.2) is 47.8 Å². The minimum absolute atomic E-state index is 0.0305. The van der Waals surface area contributed by atoms with E-state index >= 15 is 0 Å². The fraction of sp³-hybridized carbons (Fsp3) is 0.400. The molecule has 0 spiro atoms. The van der Waals surface area contributed by atoms with Gasteiger partial charge in [-0.2, -0.15) is 0 Å². The Morgan fingerprint density at radius 2 is 2.08 bits per heavy atom. The summed E-state index contributed by atoms with van der Waals surface area (Å²) in [6.45, 7) is 3.22. The lowest BCUT2D eigenvalue weighted by Gasteiger charge is -2.39. The summed E-state index contributed by atoms with van der Waals surface area (Å²) in [6, 6.07) is 7.22. The molecule has 2 aliphatic rings. The van der Waals surface area contributed by atoms with Gasteiger partial charge in [0.05, 0.1) is 6.26 Å². The fourth-order valence-corrected chi connectivity index (χ4v) is 3.23. The topological polar surface area (TPSA) is 49.9 Å². The molecule has 1 saturated heterocycles. The number of rotatable bonds is 4. The average Bonchev–Trinajstić information content (AvgIpc) is 2.84. The van der Waals surface area contributed by atoms with E-state index in [1.807, 2.05) is 30.3 Å². The summed E-state index contributed by atoms with van der Waals surface area (Å²) in [7, 11) is 1.80. The summed E-state index contributed by atoms with van der Waals surface area (Å²) >= 11 is 0. The predicted octanol–water partition coefficient (Wildman–Crippen LogP) is 2.84. The Balaban J connectivity index is 1.88. The lowest BCUT2D eigenvalue weighted by molar-refractivity contribution is -0.148. The van der Waals surface area contributed by atoms with Crippen molar-refractivity contribution in [1.29, 1.82) is 0 Å². The Bertz CT molecular complexity index is 723. The number of para-hydroxylation sites is 1. The zero-order valence-corrected chi connectivity index (χ0v) is 14.8. The number of amides is 2. The molecular weight excluding hydrogens is 316 g/mol. The maximum Gasteiger partial charge on any atom is 0.254 e. The number of unbranched alkanes of at least 4 members (excludes halogenated alkanes) is 1. The number of nitrogens with zero attached hydrogens (tertiary/aromatic N) is 2. The van der Waals surface area contributed by atoms with Gasteiger partial charge in [-0.15, -0.1) is 0 Å². The summed E-state index contributed by atoms with van der Waals surface area (Å²) in [6.07, 6.45) is 7.68. The van der Waals surface area contributed by atoms with Gasteiger partial charge in [-0.25, -0.2) is 0 Å². The van der Waals surface area contributed by atoms with Crippen molar-refractivity contribution in [3.63, 3.8) is 0 Å². The van der Waals surface area contributed by atoms with Crippen LogP contribution < -0.4 is 4.74 Å². The first-order valence-corrected chi connectivity index (χ1v) is 8.81. The number of likely N-dealkylation sites (N-methyl/N-ethyl adjacent to an activating group) is 1. The Kier molecular flexibility index (Phi) is 5.22. The van der Waals surface area contributed by atoms with Crippen molar-refractivity contribution in [2.75, 3.05) is 20.1 Å². The average molecular weight is 340 g/mol. The van der Waals surface area contributed by atoms with E-state index in [2.05, 4.69) is 6.92 Å². The summed E-state index contributed by atoms with van der Waals surface area (Å²) in [5.74, 6) is 0.639. The summed E-state index contributed by atoms with van der Waals surface area (Å²) in [5.41, 5.74) is 1.41. The van der Waals surface area contributed by atoms with E-state index in [4.69, 9.17) is 4.74 Å². The molecule has 0 radical (unpaired) electrons. The molecular formula is C20H24N2O3. The first kappa shape index (κ1) is 17.3. The molecule has 0 saturated carbocycles. The van der Waals surface area contributed by atoms with Crippen LogP contribution in [0, 0.1) is 0 Å². The van der Waals surface area contributed by atoms with Gasteiger partial charge >= 0.3 is 0 Å². The summed E-state index contributed by atoms with van der Waals surface area (Å²) < 4.78 is 5.57. The lowest BCUT2D eigenvalue weighted by atomic mass is 10.0. The highest BCUT2D eigenvalue weighted by Gasteiger charge is 2.36. The molecule has 5 nitrogen and oxygen atoms in total. The highest BCUT2D eigenvalue weighted by Crippen LogP contribution is 2.26. The van der Waals surface area contributed by atoms with Gasteiger partial charge in [-0.05, 0) is 24.6 Å². The van der Waals surface area contributed by atoms with Crippen molar-refractivity contribution in [2.24, 2.45) is 0 Å². The third-order valence-corrected chi connectivity index (χ3v) is 4.73. The van der Waals surface area contributed by atoms with Gasteiger partial charge in [-0.1, -0.05) is 38.0 Å². The smallest absolute Gasteiger partial charge is 0.254 e. The standard InChI is InChI=1S/C20H24N2O3/c1-3-4-8-17-20(24)21(2)11-12-22(17)19(23)16-10-13-25-18-9-6-5-7-15(18)14-16/h5-7,9-10,13-14,17H,3-4,8,11-12H2,1-2H3/t17-/m0/s1. The molecule has 0 unspecified atom stereocenters. The molecule has 1 atom stereocenters. The Hall–Kier alpha value is -2.56. The van der Waals surface area contributed by atoms with E-state index in [9.17, 15) is 9.59 Å². The first-order chi connectivity index (χ1) is 12.1. The van der Waals surface area contributed by atoms with Crippen LogP contribution in [0.15, 0.2) is 42.2 Å². The quantitative estimate of drug-likeness (QED) is 0.847. The third-order valence-electron chi connectivity index (χ3n) is 4.73. The van der Waals surface area contributed by atoms with Gasteiger partial charge in [0.25, 0.3) is 5.91 Å². The first-order valence-electron chi connectivity index (χ1n) is 8.81. The second-order valence-corrected chi connectivity index (χ2v) is 6.47. The SMILES string of the molecule is CCCC[C@H]1C(=O)N(C)CCN1C(=O)C1=Cc2ccccc2OC=C1. The van der Waals surface area contributed by atoms with Gasteiger partial charge < -0.3 is 14.5 Å². The molecule has 2 aliphatic heterocycles. The molecule has 0 aliphatic carbocycles. The van der Waals surface area contributed by atoms with Crippen LogP contribution in [0.3, 0.4) is 0 Å². The van der Waals surface area contributed by atoms with Crippen molar-refractivity contribution in [3.8, 4) is 5.75 Å². The maximum atomic E-state index is 13.1. The zero-order valence-electron chi connectivity index (χ0n) is 14.8. The number of hydrogen-bond donors (Lipinski definition) is 0. The number of benzene rings is 1. The molecule has 0 aromatic heterocycles. The van der Waals surface area contributed by atoms with Crippen LogP contribution in [0.25, 0.3) is 6.08 Å². The van der Waals surface area contributed by atoms with Gasteiger partial charge in [-0.3, -0.25) is 9.59 Å². The van der Waals surface area contributed by atoms with E-state index in [0.717, 1.165) is 24.2 Å². The Labute approximate surface area is 148 Å². The molecule has 132 valence electrons. The molecule has 5 heteroatoms. The second kappa shape index (κ2) is 7.55. The zero-order chi connectivity index (χ0) is 17.8. The molecule has 2 amide bonds. The molecule has 2 heterocycles.